The van der Waals surface area contributed by atoms with E-state index in [1.807, 2.05) is 27.7 Å². The second-order valence-corrected chi connectivity index (χ2v) is 8.98. The lowest BCUT2D eigenvalue weighted by Crippen LogP contribution is -2.30. The first kappa shape index (κ1) is 20.1. The summed E-state index contributed by atoms with van der Waals surface area (Å²) in [5, 5.41) is 36.6. The van der Waals surface area contributed by atoms with Gasteiger partial charge in [0.2, 0.25) is 0 Å². The first-order valence-electron chi connectivity index (χ1n) is 8.89. The third-order valence-electron chi connectivity index (χ3n) is 4.93. The Morgan fingerprint density at radius 3 is 1.35 bits per heavy atom. The van der Waals surface area contributed by atoms with Crippen molar-refractivity contribution in [3.8, 4) is 0 Å². The predicted molar refractivity (Wildman–Crippen MR) is 100 cm³/mol. The number of nitrogens with one attached hydrogen (secondary N) is 2. The zero-order valence-corrected chi connectivity index (χ0v) is 16.0. The van der Waals surface area contributed by atoms with Gasteiger partial charge in [0.1, 0.15) is 11.5 Å². The molecule has 6 nitrogen and oxygen atoms in total. The van der Waals surface area contributed by atoms with Gasteiger partial charge in [0.15, 0.2) is 11.6 Å². The lowest BCUT2D eigenvalue weighted by Gasteiger charge is -2.30. The molecule has 0 fully saturated rings. The Morgan fingerprint density at radius 1 is 0.769 bits per heavy atom. The molecular weight excluding hydrogens is 332 g/mol. The average Bonchev–Trinajstić information content (AvgIpc) is 2.40. The molecule has 0 aromatic heterocycles. The van der Waals surface area contributed by atoms with Gasteiger partial charge in [-0.25, -0.2) is 0 Å². The molecule has 2 rings (SSSR count). The Hall–Kier alpha value is -2.24. The van der Waals surface area contributed by atoms with Gasteiger partial charge in [0, 0.05) is 37.1 Å². The molecule has 0 bridgehead atoms. The van der Waals surface area contributed by atoms with Gasteiger partial charge in [-0.05, 0) is 23.7 Å². The molecular formula is C20H28N2O4. The average molecular weight is 360 g/mol. The fraction of sp³-hybridized carbons (Fsp3) is 0.600. The van der Waals surface area contributed by atoms with Gasteiger partial charge in [0.05, 0.1) is 11.1 Å². The van der Waals surface area contributed by atoms with Crippen molar-refractivity contribution >= 4 is 23.0 Å². The second kappa shape index (κ2) is 6.82. The van der Waals surface area contributed by atoms with Crippen LogP contribution in [0.1, 0.15) is 66.2 Å². The van der Waals surface area contributed by atoms with Crippen LogP contribution in [0.4, 0.5) is 0 Å². The number of aliphatic hydroxyl groups is 2. The molecule has 0 unspecified atom stereocenters. The zero-order chi connectivity index (χ0) is 19.9. The maximum atomic E-state index is 12.3. The highest BCUT2D eigenvalue weighted by Gasteiger charge is 2.36. The van der Waals surface area contributed by atoms with E-state index in [-0.39, 0.29) is 82.2 Å². The Kier molecular flexibility index (Phi) is 5.26. The maximum absolute atomic E-state index is 12.3. The highest BCUT2D eigenvalue weighted by molar-refractivity contribution is 6.25. The molecule has 2 aliphatic carbocycles. The molecule has 142 valence electrons. The fourth-order valence-corrected chi connectivity index (χ4v) is 3.76. The Bertz CT molecular complexity index is 690. The van der Waals surface area contributed by atoms with Gasteiger partial charge in [0.25, 0.3) is 0 Å². The van der Waals surface area contributed by atoms with Crippen molar-refractivity contribution in [2.45, 2.75) is 66.2 Å². The first-order valence-corrected chi connectivity index (χ1v) is 8.89. The number of Topliss-reactive ketones (excluding diaryl/α,β-unsaturated/α-hetero) is 2. The van der Waals surface area contributed by atoms with Crippen molar-refractivity contribution in [3.63, 3.8) is 0 Å². The van der Waals surface area contributed by atoms with Crippen LogP contribution in [-0.2, 0) is 9.59 Å². The van der Waals surface area contributed by atoms with Crippen molar-refractivity contribution in [2.24, 2.45) is 10.8 Å². The first-order chi connectivity index (χ1) is 11.8. The molecule has 0 atom stereocenters. The summed E-state index contributed by atoms with van der Waals surface area (Å²) in [6.07, 6.45) is 1.36. The number of rotatable bonds is 5. The number of carbonyl (C=O) groups is 2. The standard InChI is InChI=1S/C20H28N2O4/c1-19(2)7-13(23)17(14(24)8-19)11(21)5-6-12(22)18-15(25)9-20(3,4)10-16(18)26/h21-23,25H,5-10H2,1-4H3. The smallest absolute Gasteiger partial charge is 0.168 e. The minimum Gasteiger partial charge on any atom is -0.511 e. The molecule has 0 spiro atoms. The summed E-state index contributed by atoms with van der Waals surface area (Å²) in [5.74, 6) is -0.652. The SMILES string of the molecule is CC1(C)CC(=O)C(C(=N)CCC(=N)C2=C(O)CC(C)(C)CC2=O)=C(O)C1. The van der Waals surface area contributed by atoms with Crippen LogP contribution < -0.4 is 0 Å². The molecule has 0 aromatic carbocycles. The highest BCUT2D eigenvalue weighted by Crippen LogP contribution is 2.38. The van der Waals surface area contributed by atoms with E-state index >= 15 is 0 Å². The summed E-state index contributed by atoms with van der Waals surface area (Å²) in [5.41, 5.74) is -0.587. The molecule has 2 aliphatic rings. The second-order valence-electron chi connectivity index (χ2n) is 8.98. The molecule has 0 radical (unpaired) electrons. The van der Waals surface area contributed by atoms with Crippen LogP contribution in [0, 0.1) is 21.6 Å². The minimum absolute atomic E-state index is 0.0172. The Labute approximate surface area is 154 Å². The number of ketones is 2. The van der Waals surface area contributed by atoms with Gasteiger partial charge in [-0.1, -0.05) is 27.7 Å². The van der Waals surface area contributed by atoms with Gasteiger partial charge in [-0.15, -0.1) is 0 Å². The minimum atomic E-state index is -0.324. The van der Waals surface area contributed by atoms with Crippen molar-refractivity contribution in [1.29, 1.82) is 10.8 Å². The van der Waals surface area contributed by atoms with Crippen LogP contribution >= 0.6 is 0 Å². The monoisotopic (exact) mass is 360 g/mol. The molecule has 0 aliphatic heterocycles. The van der Waals surface area contributed by atoms with Crippen molar-refractivity contribution in [1.82, 2.24) is 0 Å². The highest BCUT2D eigenvalue weighted by atomic mass is 16.3. The number of hydrogen-bond donors (Lipinski definition) is 4. The normalized spacial score (nSPS) is 22.6. The fourth-order valence-electron chi connectivity index (χ4n) is 3.76. The van der Waals surface area contributed by atoms with Crippen molar-refractivity contribution in [2.75, 3.05) is 0 Å². The van der Waals surface area contributed by atoms with Crippen molar-refractivity contribution < 1.29 is 19.8 Å². The molecule has 0 amide bonds. The van der Waals surface area contributed by atoms with Gasteiger partial charge in [-0.2, -0.15) is 0 Å². The number of hydrogen-bond acceptors (Lipinski definition) is 6. The summed E-state index contributed by atoms with van der Waals surface area (Å²) in [6, 6.07) is 0. The third kappa shape index (κ3) is 4.29. The number of allylic oxidation sites excluding steroid dienone is 4. The summed E-state index contributed by atoms with van der Waals surface area (Å²) in [4.78, 5) is 24.5. The van der Waals surface area contributed by atoms with Gasteiger partial charge >= 0.3 is 0 Å². The molecule has 26 heavy (non-hydrogen) atoms. The van der Waals surface area contributed by atoms with Crippen LogP contribution in [0.3, 0.4) is 0 Å². The Morgan fingerprint density at radius 2 is 1.08 bits per heavy atom. The van der Waals surface area contributed by atoms with E-state index in [4.69, 9.17) is 10.8 Å². The third-order valence-corrected chi connectivity index (χ3v) is 4.93. The van der Waals surface area contributed by atoms with E-state index in [1.165, 1.54) is 0 Å². The maximum Gasteiger partial charge on any atom is 0.168 e. The largest absolute Gasteiger partial charge is 0.511 e. The number of carbonyl (C=O) groups excluding carboxylic acids is 2. The molecule has 0 saturated carbocycles. The lowest BCUT2D eigenvalue weighted by atomic mass is 9.74. The van der Waals surface area contributed by atoms with Crippen molar-refractivity contribution in [3.05, 3.63) is 22.7 Å². The molecule has 0 aromatic rings. The Balaban J connectivity index is 2.09. The predicted octanol–water partition coefficient (Wildman–Crippen LogP) is 4.21. The number of aliphatic hydroxyl groups excluding tert-OH is 2. The molecule has 0 heterocycles. The van der Waals surface area contributed by atoms with E-state index in [0.717, 1.165) is 0 Å². The van der Waals surface area contributed by atoms with E-state index < -0.39 is 0 Å². The summed E-state index contributed by atoms with van der Waals surface area (Å²) < 4.78 is 0. The summed E-state index contributed by atoms with van der Waals surface area (Å²) in [7, 11) is 0. The van der Waals surface area contributed by atoms with E-state index in [1.54, 1.807) is 0 Å². The van der Waals surface area contributed by atoms with E-state index in [9.17, 15) is 19.8 Å². The van der Waals surface area contributed by atoms with Crippen LogP contribution in [0.15, 0.2) is 22.7 Å². The summed E-state index contributed by atoms with van der Waals surface area (Å²) >= 11 is 0. The van der Waals surface area contributed by atoms with E-state index in [0.29, 0.717) is 12.8 Å². The van der Waals surface area contributed by atoms with Crippen LogP contribution in [-0.4, -0.2) is 33.2 Å². The molecule has 0 saturated heterocycles. The quantitative estimate of drug-likeness (QED) is 0.548. The van der Waals surface area contributed by atoms with Crippen LogP contribution in [0.25, 0.3) is 0 Å². The molecule has 4 N–H and O–H groups in total. The van der Waals surface area contributed by atoms with Gasteiger partial charge < -0.3 is 21.0 Å². The topological polar surface area (TPSA) is 122 Å². The van der Waals surface area contributed by atoms with Gasteiger partial charge in [-0.3, -0.25) is 9.59 Å². The van der Waals surface area contributed by atoms with Crippen LogP contribution in [0.2, 0.25) is 0 Å². The molecule has 6 heteroatoms. The lowest BCUT2D eigenvalue weighted by molar-refractivity contribution is -0.118. The van der Waals surface area contributed by atoms with E-state index in [2.05, 4.69) is 0 Å². The zero-order valence-electron chi connectivity index (χ0n) is 16.0. The summed E-state index contributed by atoms with van der Waals surface area (Å²) in [6.45, 7) is 7.57. The van der Waals surface area contributed by atoms with Crippen LogP contribution in [0.5, 0.6) is 0 Å².